The molecule has 2 rings (SSSR count). The van der Waals surface area contributed by atoms with Crippen molar-refractivity contribution in [2.24, 2.45) is 12.8 Å². The second-order valence-electron chi connectivity index (χ2n) is 3.84. The SMILES string of the molecule is Cn1cncc1C(=O)NCc1sccc1C#CCN. The van der Waals surface area contributed by atoms with Gasteiger partial charge in [0.2, 0.25) is 0 Å². The molecule has 2 aromatic heterocycles. The Morgan fingerprint density at radius 2 is 2.47 bits per heavy atom. The maximum atomic E-state index is 11.9. The lowest BCUT2D eigenvalue weighted by atomic mass is 10.2. The Kier molecular flexibility index (Phi) is 4.34. The van der Waals surface area contributed by atoms with Crippen LogP contribution in [0.1, 0.15) is 20.9 Å². The summed E-state index contributed by atoms with van der Waals surface area (Å²) in [6.45, 7) is 0.785. The van der Waals surface area contributed by atoms with Gasteiger partial charge in [0, 0.05) is 17.5 Å². The van der Waals surface area contributed by atoms with E-state index in [4.69, 9.17) is 5.73 Å². The Hall–Kier alpha value is -2.10. The maximum Gasteiger partial charge on any atom is 0.269 e. The summed E-state index contributed by atoms with van der Waals surface area (Å²) in [5.74, 6) is 5.66. The Labute approximate surface area is 115 Å². The molecule has 2 heterocycles. The van der Waals surface area contributed by atoms with E-state index in [1.54, 1.807) is 35.5 Å². The number of carbonyl (C=O) groups excluding carboxylic acids is 1. The zero-order valence-corrected chi connectivity index (χ0v) is 11.3. The molecule has 2 aromatic rings. The number of hydrogen-bond donors (Lipinski definition) is 2. The van der Waals surface area contributed by atoms with E-state index in [0.29, 0.717) is 18.8 Å². The number of nitrogens with one attached hydrogen (secondary N) is 1. The number of hydrogen-bond acceptors (Lipinski definition) is 4. The minimum absolute atomic E-state index is 0.147. The molecule has 0 atom stereocenters. The molecule has 0 aliphatic carbocycles. The number of imidazole rings is 1. The molecule has 0 bridgehead atoms. The minimum atomic E-state index is -0.147. The van der Waals surface area contributed by atoms with Crippen LogP contribution in [-0.2, 0) is 13.6 Å². The lowest BCUT2D eigenvalue weighted by Crippen LogP contribution is -2.24. The van der Waals surface area contributed by atoms with E-state index < -0.39 is 0 Å². The van der Waals surface area contributed by atoms with Crippen molar-refractivity contribution in [1.29, 1.82) is 0 Å². The highest BCUT2D eigenvalue weighted by Crippen LogP contribution is 2.15. The molecule has 5 nitrogen and oxygen atoms in total. The van der Waals surface area contributed by atoms with E-state index >= 15 is 0 Å². The predicted molar refractivity (Wildman–Crippen MR) is 74.6 cm³/mol. The third kappa shape index (κ3) is 3.22. The van der Waals surface area contributed by atoms with Gasteiger partial charge < -0.3 is 15.6 Å². The average Bonchev–Trinajstić information content (AvgIpc) is 3.02. The number of amides is 1. The Morgan fingerprint density at radius 3 is 3.16 bits per heavy atom. The highest BCUT2D eigenvalue weighted by molar-refractivity contribution is 7.10. The third-order valence-corrected chi connectivity index (χ3v) is 3.45. The first-order valence-electron chi connectivity index (χ1n) is 5.72. The molecule has 98 valence electrons. The summed E-state index contributed by atoms with van der Waals surface area (Å²) < 4.78 is 1.68. The molecule has 0 radical (unpaired) electrons. The number of aromatic nitrogens is 2. The fourth-order valence-corrected chi connectivity index (χ4v) is 2.33. The molecular weight excluding hydrogens is 260 g/mol. The quantitative estimate of drug-likeness (QED) is 0.810. The van der Waals surface area contributed by atoms with Crippen LogP contribution < -0.4 is 11.1 Å². The van der Waals surface area contributed by atoms with Gasteiger partial charge in [0.1, 0.15) is 5.69 Å². The monoisotopic (exact) mass is 274 g/mol. The van der Waals surface area contributed by atoms with Crippen LogP contribution in [0.4, 0.5) is 0 Å². The molecule has 19 heavy (non-hydrogen) atoms. The normalized spacial score (nSPS) is 9.79. The van der Waals surface area contributed by atoms with Crippen molar-refractivity contribution in [2.45, 2.75) is 6.54 Å². The van der Waals surface area contributed by atoms with Crippen molar-refractivity contribution in [1.82, 2.24) is 14.9 Å². The number of thiophene rings is 1. The second-order valence-corrected chi connectivity index (χ2v) is 4.84. The van der Waals surface area contributed by atoms with Crippen LogP contribution >= 0.6 is 11.3 Å². The summed E-state index contributed by atoms with van der Waals surface area (Å²) in [5.41, 5.74) is 6.80. The first kappa shape index (κ1) is 13.3. The van der Waals surface area contributed by atoms with E-state index in [0.717, 1.165) is 10.4 Å². The molecule has 0 unspecified atom stereocenters. The van der Waals surface area contributed by atoms with Gasteiger partial charge in [-0.05, 0) is 11.4 Å². The molecular formula is C13H14N4OS. The van der Waals surface area contributed by atoms with Gasteiger partial charge in [-0.25, -0.2) is 4.98 Å². The Morgan fingerprint density at radius 1 is 1.63 bits per heavy atom. The molecule has 0 spiro atoms. The topological polar surface area (TPSA) is 72.9 Å². The highest BCUT2D eigenvalue weighted by atomic mass is 32.1. The van der Waals surface area contributed by atoms with Crippen LogP contribution in [0.15, 0.2) is 24.0 Å². The number of nitrogens with zero attached hydrogens (tertiary/aromatic N) is 2. The summed E-state index contributed by atoms with van der Waals surface area (Å²) in [5, 5.41) is 4.81. The average molecular weight is 274 g/mol. The summed E-state index contributed by atoms with van der Waals surface area (Å²) >= 11 is 1.56. The summed E-state index contributed by atoms with van der Waals surface area (Å²) in [7, 11) is 1.78. The fraction of sp³-hybridized carbons (Fsp3) is 0.231. The van der Waals surface area contributed by atoms with Gasteiger partial charge in [-0.3, -0.25) is 4.79 Å². The van der Waals surface area contributed by atoms with Crippen LogP contribution in [0.25, 0.3) is 0 Å². The van der Waals surface area contributed by atoms with Gasteiger partial charge in [-0.15, -0.1) is 11.3 Å². The molecule has 0 aliphatic rings. The number of aryl methyl sites for hydroxylation is 1. The number of nitrogens with two attached hydrogens (primary N) is 1. The molecule has 0 saturated carbocycles. The molecule has 3 N–H and O–H groups in total. The van der Waals surface area contributed by atoms with Crippen LogP contribution in [0.5, 0.6) is 0 Å². The van der Waals surface area contributed by atoms with Gasteiger partial charge in [0.05, 0.1) is 25.6 Å². The van der Waals surface area contributed by atoms with E-state index in [-0.39, 0.29) is 5.91 Å². The lowest BCUT2D eigenvalue weighted by molar-refractivity contribution is 0.0943. The molecule has 0 aromatic carbocycles. The van der Waals surface area contributed by atoms with Crippen molar-refractivity contribution in [2.75, 3.05) is 6.54 Å². The zero-order chi connectivity index (χ0) is 13.7. The van der Waals surface area contributed by atoms with Gasteiger partial charge >= 0.3 is 0 Å². The number of carbonyl (C=O) groups is 1. The highest BCUT2D eigenvalue weighted by Gasteiger charge is 2.10. The zero-order valence-electron chi connectivity index (χ0n) is 10.5. The van der Waals surface area contributed by atoms with Gasteiger partial charge in [0.15, 0.2) is 0 Å². The van der Waals surface area contributed by atoms with E-state index in [1.165, 1.54) is 0 Å². The van der Waals surface area contributed by atoms with Crippen LogP contribution in [0.3, 0.4) is 0 Å². The van der Waals surface area contributed by atoms with Gasteiger partial charge in [-0.2, -0.15) is 0 Å². The molecule has 0 fully saturated rings. The molecule has 1 amide bonds. The van der Waals surface area contributed by atoms with Crippen LogP contribution in [0.2, 0.25) is 0 Å². The van der Waals surface area contributed by atoms with E-state index in [9.17, 15) is 4.79 Å². The van der Waals surface area contributed by atoms with Crippen molar-refractivity contribution < 1.29 is 4.79 Å². The van der Waals surface area contributed by atoms with E-state index in [1.807, 2.05) is 11.4 Å². The summed E-state index contributed by atoms with van der Waals surface area (Å²) in [6.07, 6.45) is 3.14. The second kappa shape index (κ2) is 6.18. The largest absolute Gasteiger partial charge is 0.346 e. The first-order valence-corrected chi connectivity index (χ1v) is 6.60. The van der Waals surface area contributed by atoms with Crippen LogP contribution in [0, 0.1) is 11.8 Å². The predicted octanol–water partition coefficient (Wildman–Crippen LogP) is 0.722. The summed E-state index contributed by atoms with van der Waals surface area (Å²) in [4.78, 5) is 16.9. The summed E-state index contributed by atoms with van der Waals surface area (Å²) in [6, 6.07) is 1.93. The molecule has 6 heteroatoms. The van der Waals surface area contributed by atoms with Gasteiger partial charge in [-0.1, -0.05) is 11.8 Å². The lowest BCUT2D eigenvalue weighted by Gasteiger charge is -2.04. The maximum absolute atomic E-state index is 11.9. The Balaban J connectivity index is 2.02. The van der Waals surface area contributed by atoms with Crippen molar-refractivity contribution in [3.8, 4) is 11.8 Å². The Bertz CT molecular complexity index is 632. The van der Waals surface area contributed by atoms with Crippen molar-refractivity contribution in [3.05, 3.63) is 40.1 Å². The van der Waals surface area contributed by atoms with Crippen LogP contribution in [-0.4, -0.2) is 22.0 Å². The smallest absolute Gasteiger partial charge is 0.269 e. The molecule has 0 aliphatic heterocycles. The van der Waals surface area contributed by atoms with Gasteiger partial charge in [0.25, 0.3) is 5.91 Å². The van der Waals surface area contributed by atoms with Crippen molar-refractivity contribution >= 4 is 17.2 Å². The number of rotatable bonds is 3. The van der Waals surface area contributed by atoms with E-state index in [2.05, 4.69) is 22.1 Å². The third-order valence-electron chi connectivity index (χ3n) is 2.53. The first-order chi connectivity index (χ1) is 9.22. The standard InChI is InChI=1S/C13H14N4OS/c1-17-9-15-7-11(17)13(18)16-8-12-10(3-2-5-14)4-6-19-12/h4,6-7,9H,5,8,14H2,1H3,(H,16,18). The fourth-order valence-electron chi connectivity index (χ4n) is 1.56. The minimum Gasteiger partial charge on any atom is -0.346 e. The molecule has 0 saturated heterocycles. The van der Waals surface area contributed by atoms with Crippen molar-refractivity contribution in [3.63, 3.8) is 0 Å².